The van der Waals surface area contributed by atoms with Gasteiger partial charge in [0.2, 0.25) is 0 Å². The number of hydrogen-bond donors (Lipinski definition) is 0. The zero-order valence-corrected chi connectivity index (χ0v) is 10.7. The zero-order chi connectivity index (χ0) is 12.1. The molecule has 0 radical (unpaired) electrons. The molecule has 1 saturated heterocycles. The highest BCUT2D eigenvalue weighted by molar-refractivity contribution is 5.71. The largest absolute Gasteiger partial charge is 0.463 e. The number of ether oxygens (including phenoxy) is 2. The molecule has 0 aromatic carbocycles. The first-order valence-electron chi connectivity index (χ1n) is 6.03. The van der Waals surface area contributed by atoms with Crippen LogP contribution in [0.2, 0.25) is 0 Å². The van der Waals surface area contributed by atoms with Gasteiger partial charge in [0.1, 0.15) is 12.7 Å². The van der Waals surface area contributed by atoms with Crippen molar-refractivity contribution in [3.05, 3.63) is 0 Å². The monoisotopic (exact) mass is 229 g/mol. The minimum Gasteiger partial charge on any atom is -0.463 e. The van der Waals surface area contributed by atoms with Crippen LogP contribution in [0, 0.1) is 5.92 Å². The van der Waals surface area contributed by atoms with Gasteiger partial charge in [-0.15, -0.1) is 0 Å². The fourth-order valence-corrected chi connectivity index (χ4v) is 1.65. The quantitative estimate of drug-likeness (QED) is 0.681. The molecule has 0 amide bonds. The van der Waals surface area contributed by atoms with Gasteiger partial charge in [0, 0.05) is 19.1 Å². The summed E-state index contributed by atoms with van der Waals surface area (Å²) < 4.78 is 10.7. The number of carbonyl (C=O) groups excluding carboxylic acids is 1. The lowest BCUT2D eigenvalue weighted by atomic mass is 10.2. The first kappa shape index (κ1) is 13.5. The second-order valence-corrected chi connectivity index (χ2v) is 4.87. The Morgan fingerprint density at radius 3 is 2.69 bits per heavy atom. The van der Waals surface area contributed by atoms with Gasteiger partial charge >= 0.3 is 5.97 Å². The summed E-state index contributed by atoms with van der Waals surface area (Å²) in [5.74, 6) is -0.213. The van der Waals surface area contributed by atoms with Crippen LogP contribution in [-0.4, -0.2) is 49.3 Å². The Morgan fingerprint density at radius 1 is 1.44 bits per heavy atom. The van der Waals surface area contributed by atoms with Crippen LogP contribution >= 0.6 is 0 Å². The lowest BCUT2D eigenvalue weighted by Gasteiger charge is -2.35. The van der Waals surface area contributed by atoms with E-state index in [4.69, 9.17) is 9.47 Å². The van der Waals surface area contributed by atoms with E-state index in [9.17, 15) is 4.79 Å². The van der Waals surface area contributed by atoms with Crippen molar-refractivity contribution in [1.29, 1.82) is 0 Å². The van der Waals surface area contributed by atoms with Crippen LogP contribution in [0.4, 0.5) is 0 Å². The van der Waals surface area contributed by atoms with Crippen molar-refractivity contribution in [1.82, 2.24) is 4.90 Å². The average molecular weight is 229 g/mol. The highest BCUT2D eigenvalue weighted by Gasteiger charge is 2.23. The number of esters is 1. The molecule has 16 heavy (non-hydrogen) atoms. The maximum atomic E-state index is 11.3. The normalized spacial score (nSPS) is 22.8. The average Bonchev–Trinajstić information content (AvgIpc) is 2.26. The van der Waals surface area contributed by atoms with Crippen LogP contribution in [0.1, 0.15) is 27.7 Å². The second-order valence-electron chi connectivity index (χ2n) is 4.87. The molecule has 0 bridgehead atoms. The molecule has 0 aliphatic carbocycles. The Bertz CT molecular complexity index is 228. The fourth-order valence-electron chi connectivity index (χ4n) is 1.65. The van der Waals surface area contributed by atoms with E-state index in [1.54, 1.807) is 0 Å². The minimum atomic E-state index is -0.148. The molecular weight excluding hydrogens is 206 g/mol. The second kappa shape index (κ2) is 6.21. The van der Waals surface area contributed by atoms with Crippen molar-refractivity contribution in [2.75, 3.05) is 26.3 Å². The van der Waals surface area contributed by atoms with Crippen molar-refractivity contribution < 1.29 is 14.3 Å². The fraction of sp³-hybridized carbons (Fsp3) is 0.917. The number of morpholine rings is 1. The van der Waals surface area contributed by atoms with E-state index in [1.807, 2.05) is 13.8 Å². The summed E-state index contributed by atoms with van der Waals surface area (Å²) in [6.45, 7) is 10.9. The van der Waals surface area contributed by atoms with Crippen LogP contribution in [0.25, 0.3) is 0 Å². The molecular formula is C12H23NO3. The van der Waals surface area contributed by atoms with Crippen molar-refractivity contribution in [3.63, 3.8) is 0 Å². The van der Waals surface area contributed by atoms with E-state index >= 15 is 0 Å². The third-order valence-corrected chi connectivity index (χ3v) is 2.78. The molecule has 94 valence electrons. The number of nitrogens with zero attached hydrogens (tertiary/aromatic N) is 1. The highest BCUT2D eigenvalue weighted by Crippen LogP contribution is 2.09. The Balaban J connectivity index is 2.29. The summed E-state index contributed by atoms with van der Waals surface area (Å²) in [4.78, 5) is 13.7. The smallest absolute Gasteiger partial charge is 0.308 e. The van der Waals surface area contributed by atoms with Gasteiger partial charge in [0.15, 0.2) is 0 Å². The van der Waals surface area contributed by atoms with Gasteiger partial charge in [-0.3, -0.25) is 9.69 Å². The molecule has 1 atom stereocenters. The Kier molecular flexibility index (Phi) is 5.22. The Hall–Kier alpha value is -0.610. The molecule has 1 fully saturated rings. The van der Waals surface area contributed by atoms with Gasteiger partial charge < -0.3 is 9.47 Å². The van der Waals surface area contributed by atoms with Gasteiger partial charge in [-0.1, -0.05) is 13.8 Å². The van der Waals surface area contributed by atoms with Gasteiger partial charge in [-0.2, -0.15) is 0 Å². The molecule has 1 heterocycles. The molecule has 4 nitrogen and oxygen atoms in total. The van der Waals surface area contributed by atoms with Crippen LogP contribution in [0.15, 0.2) is 0 Å². The third-order valence-electron chi connectivity index (χ3n) is 2.78. The number of hydrogen-bond acceptors (Lipinski definition) is 4. The molecule has 1 rings (SSSR count). The van der Waals surface area contributed by atoms with Crippen LogP contribution < -0.4 is 0 Å². The van der Waals surface area contributed by atoms with Crippen LogP contribution in [0.5, 0.6) is 0 Å². The minimum absolute atomic E-state index is 0.0267. The summed E-state index contributed by atoms with van der Waals surface area (Å²) >= 11 is 0. The third kappa shape index (κ3) is 4.10. The maximum absolute atomic E-state index is 11.3. The van der Waals surface area contributed by atoms with Crippen molar-refractivity contribution in [2.45, 2.75) is 39.8 Å². The van der Waals surface area contributed by atoms with E-state index in [2.05, 4.69) is 18.7 Å². The topological polar surface area (TPSA) is 38.8 Å². The highest BCUT2D eigenvalue weighted by atomic mass is 16.6. The first-order chi connectivity index (χ1) is 7.50. The van der Waals surface area contributed by atoms with Crippen LogP contribution in [0.3, 0.4) is 0 Å². The van der Waals surface area contributed by atoms with Gasteiger partial charge in [-0.05, 0) is 13.8 Å². The molecule has 4 heteroatoms. The molecule has 1 aliphatic rings. The molecule has 1 aliphatic heterocycles. The van der Waals surface area contributed by atoms with E-state index in [0.717, 1.165) is 19.7 Å². The van der Waals surface area contributed by atoms with Gasteiger partial charge in [0.25, 0.3) is 0 Å². The summed E-state index contributed by atoms with van der Waals surface area (Å²) in [7, 11) is 0. The summed E-state index contributed by atoms with van der Waals surface area (Å²) in [5, 5.41) is 0. The van der Waals surface area contributed by atoms with Gasteiger partial charge in [0.05, 0.1) is 12.5 Å². The molecule has 0 unspecified atom stereocenters. The predicted octanol–water partition coefficient (Wildman–Crippen LogP) is 1.29. The number of carbonyl (C=O) groups is 1. The lowest BCUT2D eigenvalue weighted by molar-refractivity contribution is -0.154. The zero-order valence-electron chi connectivity index (χ0n) is 10.7. The van der Waals surface area contributed by atoms with Crippen molar-refractivity contribution in [2.24, 2.45) is 5.92 Å². The van der Waals surface area contributed by atoms with E-state index in [-0.39, 0.29) is 18.0 Å². The molecule has 0 saturated carbocycles. The molecule has 0 N–H and O–H groups in total. The van der Waals surface area contributed by atoms with Crippen LogP contribution in [-0.2, 0) is 14.3 Å². The maximum Gasteiger partial charge on any atom is 0.308 e. The standard InChI is InChI=1S/C12H23NO3/c1-9(2)12(14)16-8-11-7-13(10(3)4)5-6-15-11/h9-11H,5-8H2,1-4H3/t11-/m1/s1. The SMILES string of the molecule is CC(C)C(=O)OC[C@H]1CN(C(C)C)CCO1. The predicted molar refractivity (Wildman–Crippen MR) is 62.2 cm³/mol. The van der Waals surface area contributed by atoms with E-state index in [0.29, 0.717) is 12.6 Å². The first-order valence-corrected chi connectivity index (χ1v) is 6.03. The summed E-state index contributed by atoms with van der Waals surface area (Å²) in [5.41, 5.74) is 0. The lowest BCUT2D eigenvalue weighted by Crippen LogP contribution is -2.47. The van der Waals surface area contributed by atoms with Gasteiger partial charge in [-0.25, -0.2) is 0 Å². The molecule has 0 spiro atoms. The molecule has 0 aromatic rings. The van der Waals surface area contributed by atoms with Crippen molar-refractivity contribution in [3.8, 4) is 0 Å². The Morgan fingerprint density at radius 2 is 2.12 bits per heavy atom. The summed E-state index contributed by atoms with van der Waals surface area (Å²) in [6, 6.07) is 0.521. The molecule has 0 aromatic heterocycles. The number of rotatable bonds is 4. The van der Waals surface area contributed by atoms with E-state index in [1.165, 1.54) is 0 Å². The van der Waals surface area contributed by atoms with Crippen molar-refractivity contribution >= 4 is 5.97 Å². The summed E-state index contributed by atoms with van der Waals surface area (Å²) in [6.07, 6.45) is 0.0267. The van der Waals surface area contributed by atoms with E-state index < -0.39 is 0 Å². The Labute approximate surface area is 97.9 Å².